The van der Waals surface area contributed by atoms with Gasteiger partial charge in [0.15, 0.2) is 0 Å². The molecule has 1 rings (SSSR count). The molecule has 0 spiro atoms. The standard InChI is InChI=1S/C10H23N3/c1-10(8-11-2)9-13-6-4-12(3)5-7-13/h10-11H,4-9H2,1-3H3. The molecule has 13 heavy (non-hydrogen) atoms. The van der Waals surface area contributed by atoms with E-state index in [-0.39, 0.29) is 0 Å². The van der Waals surface area contributed by atoms with Crippen molar-refractivity contribution in [1.29, 1.82) is 0 Å². The molecule has 1 atom stereocenters. The fourth-order valence-electron chi connectivity index (χ4n) is 1.88. The summed E-state index contributed by atoms with van der Waals surface area (Å²) in [6.07, 6.45) is 0. The fraction of sp³-hybridized carbons (Fsp3) is 1.00. The average molecular weight is 185 g/mol. The average Bonchev–Trinajstić information content (AvgIpc) is 2.09. The SMILES string of the molecule is CNCC(C)CN1CCN(C)CC1. The third-order valence-corrected chi connectivity index (χ3v) is 2.72. The van der Waals surface area contributed by atoms with Gasteiger partial charge in [-0.25, -0.2) is 0 Å². The molecule has 0 aromatic carbocycles. The van der Waals surface area contributed by atoms with E-state index in [1.807, 2.05) is 7.05 Å². The van der Waals surface area contributed by atoms with Gasteiger partial charge in [-0.1, -0.05) is 6.92 Å². The zero-order chi connectivity index (χ0) is 9.68. The van der Waals surface area contributed by atoms with Crippen LogP contribution in [-0.2, 0) is 0 Å². The quantitative estimate of drug-likeness (QED) is 0.669. The van der Waals surface area contributed by atoms with E-state index in [4.69, 9.17) is 0 Å². The first kappa shape index (κ1) is 11.0. The number of likely N-dealkylation sites (N-methyl/N-ethyl adjacent to an activating group) is 1. The summed E-state index contributed by atoms with van der Waals surface area (Å²) >= 11 is 0. The number of piperazine rings is 1. The van der Waals surface area contributed by atoms with Gasteiger partial charge in [-0.2, -0.15) is 0 Å². The summed E-state index contributed by atoms with van der Waals surface area (Å²) in [5.74, 6) is 0.772. The fourth-order valence-corrected chi connectivity index (χ4v) is 1.88. The van der Waals surface area contributed by atoms with Gasteiger partial charge in [-0.3, -0.25) is 0 Å². The summed E-state index contributed by atoms with van der Waals surface area (Å²) in [5.41, 5.74) is 0. The van der Waals surface area contributed by atoms with E-state index in [9.17, 15) is 0 Å². The van der Waals surface area contributed by atoms with Gasteiger partial charge in [0.05, 0.1) is 0 Å². The Morgan fingerprint density at radius 1 is 1.23 bits per heavy atom. The van der Waals surface area contributed by atoms with Crippen LogP contribution >= 0.6 is 0 Å². The van der Waals surface area contributed by atoms with E-state index >= 15 is 0 Å². The van der Waals surface area contributed by atoms with Crippen LogP contribution in [-0.4, -0.2) is 63.2 Å². The molecule has 3 heteroatoms. The summed E-state index contributed by atoms with van der Waals surface area (Å²) in [6.45, 7) is 9.63. The molecule has 1 heterocycles. The molecule has 0 bridgehead atoms. The van der Waals surface area contributed by atoms with Crippen molar-refractivity contribution in [2.24, 2.45) is 5.92 Å². The Bertz CT molecular complexity index is 130. The van der Waals surface area contributed by atoms with E-state index in [2.05, 4.69) is 29.1 Å². The van der Waals surface area contributed by atoms with Crippen LogP contribution in [0.1, 0.15) is 6.92 Å². The van der Waals surface area contributed by atoms with Crippen LogP contribution in [0, 0.1) is 5.92 Å². The third kappa shape index (κ3) is 4.07. The Kier molecular flexibility index (Phi) is 4.70. The summed E-state index contributed by atoms with van der Waals surface area (Å²) in [4.78, 5) is 4.97. The molecule has 0 radical (unpaired) electrons. The number of nitrogens with zero attached hydrogens (tertiary/aromatic N) is 2. The predicted molar refractivity (Wildman–Crippen MR) is 57.0 cm³/mol. The highest BCUT2D eigenvalue weighted by molar-refractivity contribution is 4.71. The van der Waals surface area contributed by atoms with Crippen LogP contribution < -0.4 is 5.32 Å². The van der Waals surface area contributed by atoms with Crippen molar-refractivity contribution in [3.63, 3.8) is 0 Å². The van der Waals surface area contributed by atoms with E-state index in [1.54, 1.807) is 0 Å². The van der Waals surface area contributed by atoms with E-state index < -0.39 is 0 Å². The molecule has 0 aromatic rings. The minimum Gasteiger partial charge on any atom is -0.319 e. The molecular weight excluding hydrogens is 162 g/mol. The van der Waals surface area contributed by atoms with Crippen molar-refractivity contribution >= 4 is 0 Å². The van der Waals surface area contributed by atoms with Gasteiger partial charge in [0.25, 0.3) is 0 Å². The topological polar surface area (TPSA) is 18.5 Å². The molecule has 0 aliphatic carbocycles. The van der Waals surface area contributed by atoms with E-state index in [0.29, 0.717) is 0 Å². The molecule has 1 fully saturated rings. The number of rotatable bonds is 4. The monoisotopic (exact) mass is 185 g/mol. The van der Waals surface area contributed by atoms with Crippen molar-refractivity contribution in [1.82, 2.24) is 15.1 Å². The second kappa shape index (κ2) is 5.58. The third-order valence-electron chi connectivity index (χ3n) is 2.72. The van der Waals surface area contributed by atoms with Crippen LogP contribution in [0.4, 0.5) is 0 Å². The molecule has 78 valence electrons. The van der Waals surface area contributed by atoms with Crippen LogP contribution in [0.25, 0.3) is 0 Å². The lowest BCUT2D eigenvalue weighted by molar-refractivity contribution is 0.139. The van der Waals surface area contributed by atoms with Crippen LogP contribution in [0.3, 0.4) is 0 Å². The summed E-state index contributed by atoms with van der Waals surface area (Å²) < 4.78 is 0. The highest BCUT2D eigenvalue weighted by Gasteiger charge is 2.15. The van der Waals surface area contributed by atoms with Gasteiger partial charge in [-0.05, 0) is 26.6 Å². The van der Waals surface area contributed by atoms with Crippen molar-refractivity contribution in [2.75, 3.05) is 53.4 Å². The lowest BCUT2D eigenvalue weighted by Crippen LogP contribution is -2.46. The van der Waals surface area contributed by atoms with Gasteiger partial charge in [0, 0.05) is 32.7 Å². The van der Waals surface area contributed by atoms with Crippen molar-refractivity contribution in [3.05, 3.63) is 0 Å². The summed E-state index contributed by atoms with van der Waals surface area (Å²) in [7, 11) is 4.23. The second-order valence-corrected chi connectivity index (χ2v) is 4.27. The molecule has 3 nitrogen and oxygen atoms in total. The Morgan fingerprint density at radius 2 is 1.85 bits per heavy atom. The van der Waals surface area contributed by atoms with Gasteiger partial charge in [0.1, 0.15) is 0 Å². The first-order chi connectivity index (χ1) is 6.22. The highest BCUT2D eigenvalue weighted by Crippen LogP contribution is 2.03. The Hall–Kier alpha value is -0.120. The zero-order valence-electron chi connectivity index (χ0n) is 9.21. The van der Waals surface area contributed by atoms with Gasteiger partial charge < -0.3 is 15.1 Å². The molecular formula is C10H23N3. The van der Waals surface area contributed by atoms with Crippen LogP contribution in [0.15, 0.2) is 0 Å². The van der Waals surface area contributed by atoms with E-state index in [1.165, 1.54) is 32.7 Å². The maximum Gasteiger partial charge on any atom is 0.0110 e. The molecule has 1 aliphatic rings. The largest absolute Gasteiger partial charge is 0.319 e. The maximum atomic E-state index is 3.23. The minimum atomic E-state index is 0.772. The maximum absolute atomic E-state index is 3.23. The predicted octanol–water partition coefficient (Wildman–Crippen LogP) is 0.0893. The Labute approximate surface area is 82.1 Å². The number of hydrogen-bond donors (Lipinski definition) is 1. The lowest BCUT2D eigenvalue weighted by Gasteiger charge is -2.33. The second-order valence-electron chi connectivity index (χ2n) is 4.27. The van der Waals surface area contributed by atoms with Gasteiger partial charge >= 0.3 is 0 Å². The molecule has 0 saturated carbocycles. The molecule has 1 saturated heterocycles. The van der Waals surface area contributed by atoms with Crippen LogP contribution in [0.5, 0.6) is 0 Å². The number of hydrogen-bond acceptors (Lipinski definition) is 3. The minimum absolute atomic E-state index is 0.772. The molecule has 1 N–H and O–H groups in total. The summed E-state index contributed by atoms with van der Waals surface area (Å²) in [5, 5.41) is 3.23. The molecule has 0 aromatic heterocycles. The molecule has 0 amide bonds. The van der Waals surface area contributed by atoms with Crippen molar-refractivity contribution in [3.8, 4) is 0 Å². The highest BCUT2D eigenvalue weighted by atomic mass is 15.2. The van der Waals surface area contributed by atoms with Gasteiger partial charge in [0.2, 0.25) is 0 Å². The normalized spacial score (nSPS) is 23.3. The number of nitrogens with one attached hydrogen (secondary N) is 1. The zero-order valence-corrected chi connectivity index (χ0v) is 9.21. The van der Waals surface area contributed by atoms with Gasteiger partial charge in [-0.15, -0.1) is 0 Å². The smallest absolute Gasteiger partial charge is 0.0110 e. The lowest BCUT2D eigenvalue weighted by atomic mass is 10.1. The van der Waals surface area contributed by atoms with Crippen LogP contribution in [0.2, 0.25) is 0 Å². The van der Waals surface area contributed by atoms with Crippen molar-refractivity contribution in [2.45, 2.75) is 6.92 Å². The molecule has 1 aliphatic heterocycles. The first-order valence-corrected chi connectivity index (χ1v) is 5.28. The summed E-state index contributed by atoms with van der Waals surface area (Å²) in [6, 6.07) is 0. The van der Waals surface area contributed by atoms with E-state index in [0.717, 1.165) is 12.5 Å². The Balaban J connectivity index is 2.14. The molecule has 1 unspecified atom stereocenters. The van der Waals surface area contributed by atoms with Crippen molar-refractivity contribution < 1.29 is 0 Å². The first-order valence-electron chi connectivity index (χ1n) is 5.28. The Morgan fingerprint density at radius 3 is 2.38 bits per heavy atom.